The molecule has 7 heteroatoms. The van der Waals surface area contributed by atoms with E-state index in [0.717, 1.165) is 9.87 Å². The second-order valence-corrected chi connectivity index (χ2v) is 6.73. The first-order chi connectivity index (χ1) is 9.36. The van der Waals surface area contributed by atoms with Gasteiger partial charge in [-0.25, -0.2) is 8.42 Å². The highest BCUT2D eigenvalue weighted by molar-refractivity contribution is 7.89. The minimum absolute atomic E-state index is 0.0593. The number of carboxylic acids is 1. The van der Waals surface area contributed by atoms with Crippen molar-refractivity contribution >= 4 is 16.0 Å². The highest BCUT2D eigenvalue weighted by atomic mass is 32.2. The van der Waals surface area contributed by atoms with E-state index >= 15 is 0 Å². The van der Waals surface area contributed by atoms with Gasteiger partial charge in [0.05, 0.1) is 11.0 Å². The Morgan fingerprint density at radius 3 is 2.70 bits per heavy atom. The largest absolute Gasteiger partial charge is 0.480 e. The summed E-state index contributed by atoms with van der Waals surface area (Å²) < 4.78 is 31.3. The SMILES string of the molecule is CO[C@@H]1C[C@@H](C(=O)O)N(S(=O)(=O)c2cccc(C)c2)C1. The summed E-state index contributed by atoms with van der Waals surface area (Å²) in [5.74, 6) is -1.15. The lowest BCUT2D eigenvalue weighted by atomic mass is 10.2. The Hall–Kier alpha value is -1.44. The van der Waals surface area contributed by atoms with Crippen LogP contribution < -0.4 is 0 Å². The number of benzene rings is 1. The van der Waals surface area contributed by atoms with Gasteiger partial charge in [0.1, 0.15) is 6.04 Å². The Labute approximate surface area is 118 Å². The molecular weight excluding hydrogens is 282 g/mol. The van der Waals surface area contributed by atoms with Gasteiger partial charge in [0.2, 0.25) is 10.0 Å². The molecule has 1 aliphatic rings. The maximum Gasteiger partial charge on any atom is 0.322 e. The van der Waals surface area contributed by atoms with Gasteiger partial charge in [0.15, 0.2) is 0 Å². The van der Waals surface area contributed by atoms with Crippen molar-refractivity contribution in [3.63, 3.8) is 0 Å². The van der Waals surface area contributed by atoms with Crippen molar-refractivity contribution < 1.29 is 23.1 Å². The lowest BCUT2D eigenvalue weighted by Crippen LogP contribution is -2.40. The van der Waals surface area contributed by atoms with Crippen LogP contribution in [0.25, 0.3) is 0 Å². The number of aliphatic carboxylic acids is 1. The molecular formula is C13H17NO5S. The van der Waals surface area contributed by atoms with E-state index in [9.17, 15) is 18.3 Å². The van der Waals surface area contributed by atoms with Gasteiger partial charge in [-0.15, -0.1) is 0 Å². The first-order valence-corrected chi connectivity index (χ1v) is 7.64. The molecule has 1 N–H and O–H groups in total. The zero-order valence-corrected chi connectivity index (χ0v) is 12.1. The first-order valence-electron chi connectivity index (χ1n) is 6.20. The maximum absolute atomic E-state index is 12.6. The summed E-state index contributed by atoms with van der Waals surface area (Å²) in [5.41, 5.74) is 0.806. The van der Waals surface area contributed by atoms with Gasteiger partial charge in [-0.05, 0) is 24.6 Å². The van der Waals surface area contributed by atoms with E-state index in [1.165, 1.54) is 19.2 Å². The van der Waals surface area contributed by atoms with Gasteiger partial charge in [0.25, 0.3) is 0 Å². The van der Waals surface area contributed by atoms with Crippen LogP contribution in [0, 0.1) is 6.92 Å². The number of hydrogen-bond donors (Lipinski definition) is 1. The first kappa shape index (κ1) is 15.0. The van der Waals surface area contributed by atoms with Crippen LogP contribution in [0.15, 0.2) is 29.2 Å². The fourth-order valence-corrected chi connectivity index (χ4v) is 4.07. The predicted molar refractivity (Wildman–Crippen MR) is 71.9 cm³/mol. The lowest BCUT2D eigenvalue weighted by Gasteiger charge is -2.20. The van der Waals surface area contributed by atoms with Crippen molar-refractivity contribution in [3.05, 3.63) is 29.8 Å². The summed E-state index contributed by atoms with van der Waals surface area (Å²) in [7, 11) is -2.38. The molecule has 6 nitrogen and oxygen atoms in total. The molecule has 1 fully saturated rings. The number of carboxylic acid groups (broad SMARTS) is 1. The zero-order valence-electron chi connectivity index (χ0n) is 11.3. The minimum Gasteiger partial charge on any atom is -0.480 e. The van der Waals surface area contributed by atoms with Crippen molar-refractivity contribution in [1.29, 1.82) is 0 Å². The van der Waals surface area contributed by atoms with Crippen molar-refractivity contribution in [2.24, 2.45) is 0 Å². The third-order valence-corrected chi connectivity index (χ3v) is 5.30. The molecule has 1 aromatic carbocycles. The van der Waals surface area contributed by atoms with Crippen LogP contribution in [0.4, 0.5) is 0 Å². The van der Waals surface area contributed by atoms with Crippen LogP contribution in [0.5, 0.6) is 0 Å². The number of carbonyl (C=O) groups is 1. The Morgan fingerprint density at radius 1 is 1.45 bits per heavy atom. The highest BCUT2D eigenvalue weighted by Crippen LogP contribution is 2.28. The molecule has 2 atom stereocenters. The number of hydrogen-bond acceptors (Lipinski definition) is 4. The fourth-order valence-electron chi connectivity index (χ4n) is 2.34. The molecule has 1 aliphatic heterocycles. The summed E-state index contributed by atoms with van der Waals surface area (Å²) in [6, 6.07) is 5.36. The van der Waals surface area contributed by atoms with Gasteiger partial charge >= 0.3 is 5.97 Å². The Balaban J connectivity index is 2.39. The molecule has 2 rings (SSSR count). The van der Waals surface area contributed by atoms with Crippen molar-refractivity contribution in [2.75, 3.05) is 13.7 Å². The third-order valence-electron chi connectivity index (χ3n) is 3.43. The van der Waals surface area contributed by atoms with E-state index in [-0.39, 0.29) is 17.9 Å². The normalized spacial score (nSPS) is 23.9. The van der Waals surface area contributed by atoms with E-state index < -0.39 is 28.1 Å². The number of rotatable bonds is 4. The number of nitrogens with zero attached hydrogens (tertiary/aromatic N) is 1. The average molecular weight is 299 g/mol. The fraction of sp³-hybridized carbons (Fsp3) is 0.462. The van der Waals surface area contributed by atoms with Crippen molar-refractivity contribution in [3.8, 4) is 0 Å². The smallest absolute Gasteiger partial charge is 0.322 e. The number of aryl methyl sites for hydroxylation is 1. The third kappa shape index (κ3) is 2.70. The molecule has 20 heavy (non-hydrogen) atoms. The number of sulfonamides is 1. The monoisotopic (exact) mass is 299 g/mol. The summed E-state index contributed by atoms with van der Waals surface area (Å²) in [4.78, 5) is 11.4. The van der Waals surface area contributed by atoms with Crippen LogP contribution in [0.2, 0.25) is 0 Å². The van der Waals surface area contributed by atoms with E-state index in [2.05, 4.69) is 0 Å². The van der Waals surface area contributed by atoms with E-state index in [1.807, 2.05) is 0 Å². The summed E-state index contributed by atoms with van der Waals surface area (Å²) in [6.45, 7) is 1.85. The van der Waals surface area contributed by atoms with Gasteiger partial charge < -0.3 is 9.84 Å². The van der Waals surface area contributed by atoms with Gasteiger partial charge in [-0.3, -0.25) is 4.79 Å². The molecule has 0 bridgehead atoms. The number of methoxy groups -OCH3 is 1. The molecule has 0 spiro atoms. The minimum atomic E-state index is -3.83. The molecule has 0 amide bonds. The summed E-state index contributed by atoms with van der Waals surface area (Å²) in [5, 5.41) is 9.20. The molecule has 0 radical (unpaired) electrons. The highest BCUT2D eigenvalue weighted by Gasteiger charge is 2.44. The topological polar surface area (TPSA) is 83.9 Å². The standard InChI is InChI=1S/C13H17NO5S/c1-9-4-3-5-11(6-9)20(17,18)14-8-10(19-2)7-12(14)13(15)16/h3-6,10,12H,7-8H2,1-2H3,(H,15,16)/t10-,12+/m1/s1. The second-order valence-electron chi connectivity index (χ2n) is 4.84. The molecule has 0 unspecified atom stereocenters. The zero-order chi connectivity index (χ0) is 14.9. The molecule has 0 aromatic heterocycles. The van der Waals surface area contributed by atoms with Crippen LogP contribution >= 0.6 is 0 Å². The van der Waals surface area contributed by atoms with Crippen LogP contribution in [0.3, 0.4) is 0 Å². The van der Waals surface area contributed by atoms with Crippen LogP contribution in [0.1, 0.15) is 12.0 Å². The molecule has 110 valence electrons. The maximum atomic E-state index is 12.6. The van der Waals surface area contributed by atoms with Crippen molar-refractivity contribution in [1.82, 2.24) is 4.31 Å². The Morgan fingerprint density at radius 2 is 2.15 bits per heavy atom. The van der Waals surface area contributed by atoms with Crippen LogP contribution in [-0.2, 0) is 19.6 Å². The number of ether oxygens (including phenoxy) is 1. The van der Waals surface area contributed by atoms with Crippen LogP contribution in [-0.4, -0.2) is 49.6 Å². The Bertz CT molecular complexity index is 613. The summed E-state index contributed by atoms with van der Waals surface area (Å²) in [6.07, 6.45) is -0.229. The lowest BCUT2D eigenvalue weighted by molar-refractivity contribution is -0.140. The van der Waals surface area contributed by atoms with Gasteiger partial charge in [-0.2, -0.15) is 4.31 Å². The average Bonchev–Trinajstić information content (AvgIpc) is 2.83. The van der Waals surface area contributed by atoms with E-state index in [4.69, 9.17) is 4.74 Å². The molecule has 0 aliphatic carbocycles. The predicted octanol–water partition coefficient (Wildman–Crippen LogP) is 0.858. The second kappa shape index (κ2) is 5.51. The molecule has 1 saturated heterocycles. The van der Waals surface area contributed by atoms with E-state index in [0.29, 0.717) is 0 Å². The summed E-state index contributed by atoms with van der Waals surface area (Å²) >= 11 is 0. The van der Waals surface area contributed by atoms with Gasteiger partial charge in [-0.1, -0.05) is 12.1 Å². The molecule has 1 aromatic rings. The Kier molecular flexibility index (Phi) is 4.12. The van der Waals surface area contributed by atoms with Crippen molar-refractivity contribution in [2.45, 2.75) is 30.4 Å². The molecule has 1 heterocycles. The quantitative estimate of drug-likeness (QED) is 0.891. The van der Waals surface area contributed by atoms with E-state index in [1.54, 1.807) is 19.1 Å². The van der Waals surface area contributed by atoms with Gasteiger partial charge in [0, 0.05) is 20.1 Å². The molecule has 0 saturated carbocycles.